The molecule has 3 rings (SSSR count). The van der Waals surface area contributed by atoms with Crippen LogP contribution < -0.4 is 5.73 Å². The van der Waals surface area contributed by atoms with Crippen LogP contribution in [0.5, 0.6) is 0 Å². The van der Waals surface area contributed by atoms with Crippen LogP contribution in [0.15, 0.2) is 12.3 Å². The van der Waals surface area contributed by atoms with E-state index in [2.05, 4.69) is 10.1 Å². The maximum Gasteiger partial charge on any atom is 0.267 e. The van der Waals surface area contributed by atoms with Gasteiger partial charge in [-0.05, 0) is 32.3 Å². The van der Waals surface area contributed by atoms with E-state index in [1.54, 1.807) is 16.9 Å². The lowest BCUT2D eigenvalue weighted by Gasteiger charge is -2.37. The van der Waals surface area contributed by atoms with Crippen molar-refractivity contribution in [3.05, 3.63) is 23.7 Å². The minimum atomic E-state index is -0.928. The van der Waals surface area contributed by atoms with Crippen molar-refractivity contribution in [1.82, 2.24) is 14.8 Å². The molecule has 18 heavy (non-hydrogen) atoms. The number of hydrogen-bond acceptors (Lipinski definition) is 4. The number of carbonyl (C=O) groups excluding carboxylic acids is 1. The van der Waals surface area contributed by atoms with E-state index in [9.17, 15) is 9.90 Å². The first-order valence-electron chi connectivity index (χ1n) is 5.89. The van der Waals surface area contributed by atoms with Gasteiger partial charge in [-0.25, -0.2) is 4.68 Å². The molecule has 0 unspecified atom stereocenters. The first-order chi connectivity index (χ1) is 8.51. The Bertz CT molecular complexity index is 643. The second kappa shape index (κ2) is 3.52. The van der Waals surface area contributed by atoms with Crippen LogP contribution in [0.25, 0.3) is 10.9 Å². The maximum atomic E-state index is 11.2. The van der Waals surface area contributed by atoms with Crippen molar-refractivity contribution in [2.75, 3.05) is 0 Å². The molecule has 0 bridgehead atoms. The summed E-state index contributed by atoms with van der Waals surface area (Å²) in [6.07, 6.45) is 3.91. The molecule has 2 aromatic heterocycles. The fourth-order valence-electron chi connectivity index (χ4n) is 2.31. The number of aromatic nitrogens is 3. The third-order valence-corrected chi connectivity index (χ3v) is 3.55. The van der Waals surface area contributed by atoms with Gasteiger partial charge in [0.1, 0.15) is 5.69 Å². The molecule has 1 amide bonds. The Morgan fingerprint density at radius 1 is 1.56 bits per heavy atom. The van der Waals surface area contributed by atoms with Gasteiger partial charge in [-0.1, -0.05) is 0 Å². The third-order valence-electron chi connectivity index (χ3n) is 3.55. The zero-order chi connectivity index (χ0) is 12.9. The molecule has 0 spiro atoms. The van der Waals surface area contributed by atoms with Crippen molar-refractivity contribution in [3.63, 3.8) is 0 Å². The largest absolute Gasteiger partial charge is 0.369 e. The number of carbonyl (C=O) groups is 1. The van der Waals surface area contributed by atoms with Gasteiger partial charge in [-0.3, -0.25) is 9.78 Å². The van der Waals surface area contributed by atoms with Gasteiger partial charge in [0.05, 0.1) is 11.2 Å². The average Bonchev–Trinajstić information content (AvgIpc) is 2.63. The van der Waals surface area contributed by atoms with Crippen LogP contribution in [0.1, 0.15) is 35.4 Å². The van der Waals surface area contributed by atoms with Gasteiger partial charge >= 0.3 is 0 Å². The minimum absolute atomic E-state index is 0.187. The highest BCUT2D eigenvalue weighted by Crippen LogP contribution is 2.38. The van der Waals surface area contributed by atoms with Crippen molar-refractivity contribution < 1.29 is 9.90 Å². The van der Waals surface area contributed by atoms with Crippen LogP contribution >= 0.6 is 0 Å². The molecule has 6 heteroatoms. The molecule has 0 aromatic carbocycles. The molecule has 2 heterocycles. The van der Waals surface area contributed by atoms with E-state index < -0.39 is 11.6 Å². The zero-order valence-corrected chi connectivity index (χ0v) is 10.1. The Morgan fingerprint density at radius 3 is 2.83 bits per heavy atom. The highest BCUT2D eigenvalue weighted by molar-refractivity contribution is 5.95. The van der Waals surface area contributed by atoms with Crippen molar-refractivity contribution in [2.45, 2.75) is 31.9 Å². The van der Waals surface area contributed by atoms with E-state index in [0.29, 0.717) is 18.4 Å². The molecule has 3 N–H and O–H groups in total. The molecule has 1 fully saturated rings. The summed E-state index contributed by atoms with van der Waals surface area (Å²) in [5, 5.41) is 15.6. The van der Waals surface area contributed by atoms with Gasteiger partial charge in [0.15, 0.2) is 5.72 Å². The summed E-state index contributed by atoms with van der Waals surface area (Å²) in [6.45, 7) is 1.85. The SMILES string of the molecule is Cc1nn(C2(O)CCC2)c2cc(C(N)=O)ncc12. The van der Waals surface area contributed by atoms with Crippen LogP contribution in [0.2, 0.25) is 0 Å². The molecular formula is C12H14N4O2. The molecule has 0 radical (unpaired) electrons. The number of aliphatic hydroxyl groups is 1. The fourth-order valence-corrected chi connectivity index (χ4v) is 2.31. The van der Waals surface area contributed by atoms with Crippen LogP contribution in [0, 0.1) is 6.92 Å². The minimum Gasteiger partial charge on any atom is -0.369 e. The second-order valence-electron chi connectivity index (χ2n) is 4.78. The van der Waals surface area contributed by atoms with E-state index in [1.807, 2.05) is 6.92 Å². The Labute approximate surface area is 103 Å². The number of nitrogens with zero attached hydrogens (tertiary/aromatic N) is 3. The fraction of sp³-hybridized carbons (Fsp3) is 0.417. The smallest absolute Gasteiger partial charge is 0.267 e. The Hall–Kier alpha value is -1.95. The number of fused-ring (bicyclic) bond motifs is 1. The number of rotatable bonds is 2. The van der Waals surface area contributed by atoms with Gasteiger partial charge in [0.2, 0.25) is 0 Å². The van der Waals surface area contributed by atoms with Crippen LogP contribution in [0.3, 0.4) is 0 Å². The lowest BCUT2D eigenvalue weighted by Crippen LogP contribution is -2.41. The number of pyridine rings is 1. The Balaban J connectivity index is 2.25. The predicted molar refractivity (Wildman–Crippen MR) is 64.8 cm³/mol. The molecule has 0 saturated heterocycles. The molecule has 2 aromatic rings. The normalized spacial score (nSPS) is 17.7. The lowest BCUT2D eigenvalue weighted by atomic mass is 9.88. The summed E-state index contributed by atoms with van der Waals surface area (Å²) in [5.74, 6) is -0.581. The van der Waals surface area contributed by atoms with Gasteiger partial charge in [0, 0.05) is 11.6 Å². The Kier molecular flexibility index (Phi) is 2.18. The highest BCUT2D eigenvalue weighted by Gasteiger charge is 2.38. The molecule has 6 nitrogen and oxygen atoms in total. The van der Waals surface area contributed by atoms with E-state index in [4.69, 9.17) is 5.73 Å². The van der Waals surface area contributed by atoms with Crippen molar-refractivity contribution >= 4 is 16.8 Å². The summed E-state index contributed by atoms with van der Waals surface area (Å²) in [7, 11) is 0. The van der Waals surface area contributed by atoms with Gasteiger partial charge in [0.25, 0.3) is 5.91 Å². The molecule has 1 saturated carbocycles. The number of aryl methyl sites for hydroxylation is 1. The Morgan fingerprint density at radius 2 is 2.28 bits per heavy atom. The van der Waals surface area contributed by atoms with Crippen LogP contribution in [0.4, 0.5) is 0 Å². The summed E-state index contributed by atoms with van der Waals surface area (Å²) in [4.78, 5) is 15.2. The molecule has 94 valence electrons. The summed E-state index contributed by atoms with van der Waals surface area (Å²) < 4.78 is 1.59. The van der Waals surface area contributed by atoms with Crippen LogP contribution in [-0.2, 0) is 5.72 Å². The highest BCUT2D eigenvalue weighted by atomic mass is 16.3. The summed E-state index contributed by atoms with van der Waals surface area (Å²) >= 11 is 0. The lowest BCUT2D eigenvalue weighted by molar-refractivity contribution is -0.112. The standard InChI is InChI=1S/C12H14N4O2/c1-7-8-6-14-9(11(13)17)5-10(8)16(15-7)12(18)3-2-4-12/h5-6,18H,2-4H2,1H3,(H2,13,17). The van der Waals surface area contributed by atoms with E-state index in [-0.39, 0.29) is 5.69 Å². The van der Waals surface area contributed by atoms with Crippen LogP contribution in [-0.4, -0.2) is 25.8 Å². The van der Waals surface area contributed by atoms with E-state index >= 15 is 0 Å². The van der Waals surface area contributed by atoms with Gasteiger partial charge in [-0.15, -0.1) is 0 Å². The van der Waals surface area contributed by atoms with E-state index in [0.717, 1.165) is 17.5 Å². The quantitative estimate of drug-likeness (QED) is 0.814. The third kappa shape index (κ3) is 1.42. The predicted octanol–water partition coefficient (Wildman–Crippen LogP) is 0.668. The topological polar surface area (TPSA) is 94.0 Å². The number of nitrogens with two attached hydrogens (primary N) is 1. The van der Waals surface area contributed by atoms with Crippen molar-refractivity contribution in [2.24, 2.45) is 5.73 Å². The van der Waals surface area contributed by atoms with Crippen molar-refractivity contribution in [3.8, 4) is 0 Å². The first-order valence-corrected chi connectivity index (χ1v) is 5.89. The molecule has 1 aliphatic carbocycles. The molecule has 0 atom stereocenters. The second-order valence-corrected chi connectivity index (χ2v) is 4.78. The summed E-state index contributed by atoms with van der Waals surface area (Å²) in [5.41, 5.74) is 5.98. The van der Waals surface area contributed by atoms with E-state index in [1.165, 1.54) is 0 Å². The molecule has 1 aliphatic rings. The molecular weight excluding hydrogens is 232 g/mol. The first kappa shape index (κ1) is 11.2. The van der Waals surface area contributed by atoms with Crippen molar-refractivity contribution in [1.29, 1.82) is 0 Å². The summed E-state index contributed by atoms with van der Waals surface area (Å²) in [6, 6.07) is 1.59. The monoisotopic (exact) mass is 246 g/mol. The van der Waals surface area contributed by atoms with Gasteiger partial charge < -0.3 is 10.8 Å². The zero-order valence-electron chi connectivity index (χ0n) is 10.1. The average molecular weight is 246 g/mol. The molecule has 0 aliphatic heterocycles. The maximum absolute atomic E-state index is 11.2. The number of amides is 1. The van der Waals surface area contributed by atoms with Gasteiger partial charge in [-0.2, -0.15) is 5.10 Å². The number of hydrogen-bond donors (Lipinski definition) is 2. The number of primary amides is 1.